The zero-order chi connectivity index (χ0) is 12.6. The van der Waals surface area contributed by atoms with E-state index in [-0.39, 0.29) is 0 Å². The third-order valence-electron chi connectivity index (χ3n) is 3.81. The molecule has 0 bridgehead atoms. The maximum atomic E-state index is 10.9. The van der Waals surface area contributed by atoms with Crippen LogP contribution in [-0.4, -0.2) is 19.9 Å². The Bertz CT molecular complexity index is 564. The number of aliphatic hydroxyl groups is 1. The lowest BCUT2D eigenvalue weighted by atomic mass is 9.77. The second-order valence-corrected chi connectivity index (χ2v) is 5.02. The van der Waals surface area contributed by atoms with Crippen molar-refractivity contribution >= 4 is 0 Å². The summed E-state index contributed by atoms with van der Waals surface area (Å²) in [6.45, 7) is 0. The van der Waals surface area contributed by atoms with Crippen LogP contribution in [0.4, 0.5) is 0 Å². The lowest BCUT2D eigenvalue weighted by Gasteiger charge is -2.34. The standard InChI is InChI=1S/C14H17N3O/c1-17-13(15-10-16-17)9-14(18)8-4-6-11-5-2-3-7-12(11)14/h2-3,5,7,10,18H,4,6,8-9H2,1H3. The molecule has 0 fully saturated rings. The van der Waals surface area contributed by atoms with Crippen molar-refractivity contribution in [1.82, 2.24) is 14.8 Å². The summed E-state index contributed by atoms with van der Waals surface area (Å²) in [4.78, 5) is 4.22. The van der Waals surface area contributed by atoms with Crippen LogP contribution in [0, 0.1) is 0 Å². The molecule has 1 aliphatic carbocycles. The van der Waals surface area contributed by atoms with Gasteiger partial charge in [-0.15, -0.1) is 0 Å². The van der Waals surface area contributed by atoms with Crippen LogP contribution < -0.4 is 0 Å². The van der Waals surface area contributed by atoms with Gasteiger partial charge in [0.15, 0.2) is 0 Å². The molecule has 1 aromatic carbocycles. The highest BCUT2D eigenvalue weighted by atomic mass is 16.3. The van der Waals surface area contributed by atoms with Crippen molar-refractivity contribution in [3.8, 4) is 0 Å². The Morgan fingerprint density at radius 3 is 3.00 bits per heavy atom. The Morgan fingerprint density at radius 1 is 1.39 bits per heavy atom. The molecule has 0 radical (unpaired) electrons. The lowest BCUT2D eigenvalue weighted by Crippen LogP contribution is -2.34. The van der Waals surface area contributed by atoms with Crippen LogP contribution in [0.15, 0.2) is 30.6 Å². The van der Waals surface area contributed by atoms with E-state index < -0.39 is 5.60 Å². The first-order valence-electron chi connectivity index (χ1n) is 6.33. The average Bonchev–Trinajstić information content (AvgIpc) is 2.75. The van der Waals surface area contributed by atoms with Crippen LogP contribution in [0.2, 0.25) is 0 Å². The van der Waals surface area contributed by atoms with Crippen molar-refractivity contribution in [2.24, 2.45) is 7.05 Å². The van der Waals surface area contributed by atoms with Crippen LogP contribution in [0.25, 0.3) is 0 Å². The van der Waals surface area contributed by atoms with Gasteiger partial charge in [0.1, 0.15) is 12.2 Å². The predicted octanol–water partition coefficient (Wildman–Crippen LogP) is 1.58. The number of hydrogen-bond donors (Lipinski definition) is 1. The van der Waals surface area contributed by atoms with Crippen molar-refractivity contribution in [3.05, 3.63) is 47.5 Å². The van der Waals surface area contributed by atoms with E-state index in [1.54, 1.807) is 4.68 Å². The van der Waals surface area contributed by atoms with E-state index in [1.807, 2.05) is 25.2 Å². The maximum Gasteiger partial charge on any atom is 0.138 e. The number of rotatable bonds is 2. The Morgan fingerprint density at radius 2 is 2.22 bits per heavy atom. The highest BCUT2D eigenvalue weighted by Crippen LogP contribution is 2.37. The molecule has 0 saturated heterocycles. The van der Waals surface area contributed by atoms with Gasteiger partial charge in [0.25, 0.3) is 0 Å². The van der Waals surface area contributed by atoms with Gasteiger partial charge >= 0.3 is 0 Å². The number of hydrogen-bond acceptors (Lipinski definition) is 3. The van der Waals surface area contributed by atoms with E-state index in [4.69, 9.17) is 0 Å². The molecule has 1 atom stereocenters. The van der Waals surface area contributed by atoms with Crippen LogP contribution in [-0.2, 0) is 25.5 Å². The molecule has 1 aromatic heterocycles. The minimum absolute atomic E-state index is 0.528. The molecular weight excluding hydrogens is 226 g/mol. The van der Waals surface area contributed by atoms with Crippen LogP contribution >= 0.6 is 0 Å². The fraction of sp³-hybridized carbons (Fsp3) is 0.429. The molecule has 0 saturated carbocycles. The Hall–Kier alpha value is -1.68. The number of benzene rings is 1. The van der Waals surface area contributed by atoms with Gasteiger partial charge in [0.2, 0.25) is 0 Å². The second kappa shape index (κ2) is 4.21. The summed E-state index contributed by atoms with van der Waals surface area (Å²) in [5, 5.41) is 15.0. The van der Waals surface area contributed by atoms with Gasteiger partial charge in [0.05, 0.1) is 5.60 Å². The first-order valence-corrected chi connectivity index (χ1v) is 6.33. The average molecular weight is 243 g/mol. The van der Waals surface area contributed by atoms with E-state index in [0.717, 1.165) is 30.7 Å². The molecular formula is C14H17N3O. The summed E-state index contributed by atoms with van der Waals surface area (Å²) in [6, 6.07) is 8.17. The summed E-state index contributed by atoms with van der Waals surface area (Å²) >= 11 is 0. The summed E-state index contributed by atoms with van der Waals surface area (Å²) in [6.07, 6.45) is 4.92. The van der Waals surface area contributed by atoms with Crippen molar-refractivity contribution < 1.29 is 5.11 Å². The fourth-order valence-corrected chi connectivity index (χ4v) is 2.82. The highest BCUT2D eigenvalue weighted by molar-refractivity contribution is 5.35. The second-order valence-electron chi connectivity index (χ2n) is 5.02. The zero-order valence-corrected chi connectivity index (χ0v) is 10.5. The first kappa shape index (κ1) is 11.4. The molecule has 0 aliphatic heterocycles. The van der Waals surface area contributed by atoms with E-state index in [2.05, 4.69) is 16.1 Å². The molecule has 1 N–H and O–H groups in total. The number of fused-ring (bicyclic) bond motifs is 1. The smallest absolute Gasteiger partial charge is 0.138 e. The largest absolute Gasteiger partial charge is 0.385 e. The summed E-state index contributed by atoms with van der Waals surface area (Å²) in [5.74, 6) is 0.828. The molecule has 3 rings (SSSR count). The summed E-state index contributed by atoms with van der Waals surface area (Å²) in [7, 11) is 1.86. The van der Waals surface area contributed by atoms with Crippen molar-refractivity contribution in [2.45, 2.75) is 31.3 Å². The molecule has 0 spiro atoms. The SMILES string of the molecule is Cn1ncnc1CC1(O)CCCc2ccccc21. The van der Waals surface area contributed by atoms with Gasteiger partial charge in [-0.25, -0.2) is 4.98 Å². The molecule has 4 heteroatoms. The van der Waals surface area contributed by atoms with E-state index in [1.165, 1.54) is 11.9 Å². The summed E-state index contributed by atoms with van der Waals surface area (Å²) in [5.41, 5.74) is 1.52. The van der Waals surface area contributed by atoms with Crippen LogP contribution in [0.5, 0.6) is 0 Å². The minimum Gasteiger partial charge on any atom is -0.385 e. The highest BCUT2D eigenvalue weighted by Gasteiger charge is 2.35. The number of nitrogens with zero attached hydrogens (tertiary/aromatic N) is 3. The normalized spacial score (nSPS) is 22.8. The fourth-order valence-electron chi connectivity index (χ4n) is 2.82. The molecule has 0 amide bonds. The van der Waals surface area contributed by atoms with E-state index in [0.29, 0.717) is 6.42 Å². The zero-order valence-electron chi connectivity index (χ0n) is 10.5. The van der Waals surface area contributed by atoms with Gasteiger partial charge in [-0.05, 0) is 30.4 Å². The molecule has 4 nitrogen and oxygen atoms in total. The third kappa shape index (κ3) is 1.82. The number of aryl methyl sites for hydroxylation is 2. The van der Waals surface area contributed by atoms with Gasteiger partial charge in [0, 0.05) is 13.5 Å². The quantitative estimate of drug-likeness (QED) is 0.871. The summed E-state index contributed by atoms with van der Waals surface area (Å²) < 4.78 is 1.73. The Balaban J connectivity index is 1.98. The van der Waals surface area contributed by atoms with Gasteiger partial charge < -0.3 is 5.11 Å². The van der Waals surface area contributed by atoms with E-state index >= 15 is 0 Å². The monoisotopic (exact) mass is 243 g/mol. The Labute approximate surface area is 106 Å². The van der Waals surface area contributed by atoms with Crippen molar-refractivity contribution in [2.75, 3.05) is 0 Å². The molecule has 2 aromatic rings. The van der Waals surface area contributed by atoms with Crippen LogP contribution in [0.1, 0.15) is 29.8 Å². The van der Waals surface area contributed by atoms with Gasteiger partial charge in [-0.2, -0.15) is 5.10 Å². The Kier molecular flexibility index (Phi) is 2.67. The topological polar surface area (TPSA) is 50.9 Å². The molecule has 1 unspecified atom stereocenters. The van der Waals surface area contributed by atoms with Crippen LogP contribution in [0.3, 0.4) is 0 Å². The third-order valence-corrected chi connectivity index (χ3v) is 3.81. The van der Waals surface area contributed by atoms with Gasteiger partial charge in [-0.3, -0.25) is 4.68 Å². The molecule has 94 valence electrons. The molecule has 1 aliphatic rings. The minimum atomic E-state index is -0.796. The lowest BCUT2D eigenvalue weighted by molar-refractivity contribution is 0.0163. The maximum absolute atomic E-state index is 10.9. The van der Waals surface area contributed by atoms with Crippen molar-refractivity contribution in [1.29, 1.82) is 0 Å². The molecule has 1 heterocycles. The first-order chi connectivity index (χ1) is 8.69. The van der Waals surface area contributed by atoms with Crippen molar-refractivity contribution in [3.63, 3.8) is 0 Å². The predicted molar refractivity (Wildman–Crippen MR) is 68.0 cm³/mol. The van der Waals surface area contributed by atoms with E-state index in [9.17, 15) is 5.11 Å². The van der Waals surface area contributed by atoms with Gasteiger partial charge in [-0.1, -0.05) is 24.3 Å². The molecule has 18 heavy (non-hydrogen) atoms. The number of aromatic nitrogens is 3.